The van der Waals surface area contributed by atoms with Crippen molar-refractivity contribution >= 4 is 22.9 Å². The molecule has 0 atom stereocenters. The maximum absolute atomic E-state index is 12.2. The van der Waals surface area contributed by atoms with Gasteiger partial charge in [0.2, 0.25) is 0 Å². The predicted octanol–water partition coefficient (Wildman–Crippen LogP) is 4.13. The lowest BCUT2D eigenvalue weighted by Gasteiger charge is -2.41. The molecular formula is C18H20ClF3N2O2. The third-order valence-electron chi connectivity index (χ3n) is 3.94. The minimum Gasteiger partial charge on any atom is -0.489 e. The van der Waals surface area contributed by atoms with E-state index in [0.29, 0.717) is 40.6 Å². The predicted molar refractivity (Wildman–Crippen MR) is 95.2 cm³/mol. The molecule has 0 bridgehead atoms. The van der Waals surface area contributed by atoms with Gasteiger partial charge in [0, 0.05) is 37.4 Å². The highest BCUT2D eigenvalue weighted by Crippen LogP contribution is 2.30. The van der Waals surface area contributed by atoms with E-state index >= 15 is 0 Å². The van der Waals surface area contributed by atoms with Gasteiger partial charge in [-0.1, -0.05) is 24.8 Å². The first-order chi connectivity index (χ1) is 12.1. The fraction of sp³-hybridized carbons (Fsp3) is 0.389. The summed E-state index contributed by atoms with van der Waals surface area (Å²) < 4.78 is 41.3. The van der Waals surface area contributed by atoms with Gasteiger partial charge in [-0.25, -0.2) is 0 Å². The van der Waals surface area contributed by atoms with Gasteiger partial charge in [-0.05, 0) is 24.6 Å². The van der Waals surface area contributed by atoms with Crippen molar-refractivity contribution in [2.24, 2.45) is 5.92 Å². The van der Waals surface area contributed by atoms with Crippen LogP contribution in [0.25, 0.3) is 11.3 Å². The van der Waals surface area contributed by atoms with Gasteiger partial charge in [0.15, 0.2) is 6.61 Å². The Kier molecular flexibility index (Phi) is 6.36. The number of halogens is 4. The molecule has 1 N–H and O–H groups in total. The van der Waals surface area contributed by atoms with Crippen LogP contribution >= 0.6 is 11.6 Å². The molecule has 0 spiro atoms. The normalized spacial score (nSPS) is 15.6. The van der Waals surface area contributed by atoms with E-state index < -0.39 is 12.8 Å². The van der Waals surface area contributed by atoms with Crippen LogP contribution in [0.1, 0.15) is 18.2 Å². The molecule has 0 radical (unpaired) electrons. The van der Waals surface area contributed by atoms with E-state index in [4.69, 9.17) is 16.7 Å². The summed E-state index contributed by atoms with van der Waals surface area (Å²) in [7, 11) is 0. The Morgan fingerprint density at radius 3 is 2.69 bits per heavy atom. The van der Waals surface area contributed by atoms with Crippen LogP contribution < -0.4 is 0 Å². The van der Waals surface area contributed by atoms with Gasteiger partial charge in [-0.2, -0.15) is 13.2 Å². The van der Waals surface area contributed by atoms with Gasteiger partial charge >= 0.3 is 6.18 Å². The first-order valence-electron chi connectivity index (χ1n) is 7.88. The zero-order valence-corrected chi connectivity index (χ0v) is 15.1. The molecular weight excluding hydrogens is 369 g/mol. The van der Waals surface area contributed by atoms with Gasteiger partial charge in [-0.15, -0.1) is 0 Å². The molecule has 1 aromatic heterocycles. The quantitative estimate of drug-likeness (QED) is 0.563. The van der Waals surface area contributed by atoms with Crippen LogP contribution in [0.3, 0.4) is 0 Å². The van der Waals surface area contributed by atoms with E-state index in [9.17, 15) is 13.2 Å². The zero-order valence-electron chi connectivity index (χ0n) is 14.3. The van der Waals surface area contributed by atoms with Crippen molar-refractivity contribution in [2.75, 3.05) is 26.3 Å². The second kappa shape index (κ2) is 8.14. The van der Waals surface area contributed by atoms with Crippen molar-refractivity contribution in [2.45, 2.75) is 13.1 Å². The lowest BCUT2D eigenvalue weighted by molar-refractivity contribution is -0.164. The van der Waals surface area contributed by atoms with Crippen molar-refractivity contribution < 1.29 is 23.0 Å². The van der Waals surface area contributed by atoms with Gasteiger partial charge in [-0.3, -0.25) is 4.98 Å². The molecule has 4 nitrogen and oxygen atoms in total. The van der Waals surface area contributed by atoms with E-state index in [0.717, 1.165) is 0 Å². The summed E-state index contributed by atoms with van der Waals surface area (Å²) >= 11 is 6.15. The summed E-state index contributed by atoms with van der Waals surface area (Å²) in [5, 5.41) is 9.42. The number of pyridine rings is 1. The summed E-state index contributed by atoms with van der Waals surface area (Å²) in [6.45, 7) is 9.42. The smallest absolute Gasteiger partial charge is 0.422 e. The number of ether oxygens (including phenoxy) is 1. The average molecular weight is 389 g/mol. The third kappa shape index (κ3) is 5.25. The highest BCUT2D eigenvalue weighted by Gasteiger charge is 2.29. The van der Waals surface area contributed by atoms with E-state index in [1.807, 2.05) is 4.90 Å². The molecule has 0 saturated carbocycles. The minimum absolute atomic E-state index is 0.0779. The fourth-order valence-electron chi connectivity index (χ4n) is 2.47. The molecule has 0 aliphatic carbocycles. The lowest BCUT2D eigenvalue weighted by atomic mass is 9.99. The Labute approximate surface area is 155 Å². The Hall–Kier alpha value is -1.99. The van der Waals surface area contributed by atoms with Crippen LogP contribution in [0, 0.1) is 5.92 Å². The number of alkyl halides is 3. The van der Waals surface area contributed by atoms with Crippen LogP contribution in [0.15, 0.2) is 37.3 Å². The van der Waals surface area contributed by atoms with E-state index in [-0.39, 0.29) is 18.3 Å². The molecule has 1 aromatic rings. The molecule has 8 heteroatoms. The number of aromatic nitrogens is 1. The molecule has 1 fully saturated rings. The maximum atomic E-state index is 12.2. The molecule has 26 heavy (non-hydrogen) atoms. The number of nitrogens with zero attached hydrogens (tertiary/aromatic N) is 2. The Morgan fingerprint density at radius 2 is 2.12 bits per heavy atom. The third-order valence-corrected chi connectivity index (χ3v) is 4.24. The minimum atomic E-state index is -4.40. The first-order valence-corrected chi connectivity index (χ1v) is 8.26. The van der Waals surface area contributed by atoms with Crippen molar-refractivity contribution in [3.05, 3.63) is 53.5 Å². The number of aliphatic hydroxyl groups is 1. The molecule has 1 aliphatic rings. The van der Waals surface area contributed by atoms with Crippen molar-refractivity contribution in [3.8, 4) is 0 Å². The molecule has 1 saturated heterocycles. The maximum Gasteiger partial charge on any atom is 0.422 e. The number of likely N-dealkylation sites (tertiary alicyclic amines) is 1. The summed E-state index contributed by atoms with van der Waals surface area (Å²) in [5.41, 5.74) is 2.22. The van der Waals surface area contributed by atoms with Crippen LogP contribution in [0.2, 0.25) is 5.02 Å². The van der Waals surface area contributed by atoms with Gasteiger partial charge < -0.3 is 14.7 Å². The van der Waals surface area contributed by atoms with Crippen LogP contribution in [0.4, 0.5) is 13.2 Å². The molecule has 0 aromatic carbocycles. The zero-order chi connectivity index (χ0) is 19.5. The number of aliphatic hydroxyl groups excluding tert-OH is 1. The fourth-order valence-corrected chi connectivity index (χ4v) is 2.70. The van der Waals surface area contributed by atoms with Crippen LogP contribution in [-0.2, 0) is 4.74 Å². The molecule has 0 unspecified atom stereocenters. The van der Waals surface area contributed by atoms with Crippen molar-refractivity contribution in [3.63, 3.8) is 0 Å². The van der Waals surface area contributed by atoms with Gasteiger partial charge in [0.05, 0.1) is 22.2 Å². The van der Waals surface area contributed by atoms with E-state index in [1.165, 1.54) is 19.2 Å². The summed E-state index contributed by atoms with van der Waals surface area (Å²) in [6.07, 6.45) is -1.56. The molecule has 2 heterocycles. The van der Waals surface area contributed by atoms with Gasteiger partial charge in [0.25, 0.3) is 0 Å². The second-order valence-corrected chi connectivity index (χ2v) is 6.54. The summed E-state index contributed by atoms with van der Waals surface area (Å²) in [6, 6.07) is 1.69. The number of hydrogen-bond acceptors (Lipinski definition) is 4. The lowest BCUT2D eigenvalue weighted by Crippen LogP contribution is -2.46. The standard InChI is InChI=1S/C18H20ClF3N2O2/c1-11(4-12(2)26-10-18(20,21)22)15-5-17(23-6-16(15)19)13(3)24-7-14(8-24)9-25/h4-6,14,25H,1,3,7-10H2,2H3/b12-4+. The molecule has 0 amide bonds. The highest BCUT2D eigenvalue weighted by molar-refractivity contribution is 6.32. The second-order valence-electron chi connectivity index (χ2n) is 6.13. The van der Waals surface area contributed by atoms with E-state index in [2.05, 4.69) is 22.9 Å². The van der Waals surface area contributed by atoms with Crippen molar-refractivity contribution in [1.29, 1.82) is 0 Å². The average Bonchev–Trinajstić information content (AvgIpc) is 2.51. The number of hydrogen-bond donors (Lipinski definition) is 1. The summed E-state index contributed by atoms with van der Waals surface area (Å²) in [5.74, 6) is 0.305. The first kappa shape index (κ1) is 20.3. The monoisotopic (exact) mass is 388 g/mol. The van der Waals surface area contributed by atoms with Gasteiger partial charge in [0.1, 0.15) is 0 Å². The summed E-state index contributed by atoms with van der Waals surface area (Å²) in [4.78, 5) is 6.23. The van der Waals surface area contributed by atoms with E-state index in [1.54, 1.807) is 6.07 Å². The van der Waals surface area contributed by atoms with Crippen molar-refractivity contribution in [1.82, 2.24) is 9.88 Å². The largest absolute Gasteiger partial charge is 0.489 e. The number of rotatable bonds is 7. The molecule has 2 rings (SSSR count). The Bertz CT molecular complexity index is 726. The Balaban J connectivity index is 2.11. The molecule has 142 valence electrons. The SMILES string of the molecule is C=C(/C=C(\C)OCC(F)(F)F)c1cc(C(=C)N2CC(CO)C2)ncc1Cl. The topological polar surface area (TPSA) is 45.6 Å². The van der Waals surface area contributed by atoms with Crippen LogP contribution in [0.5, 0.6) is 0 Å². The Morgan fingerprint density at radius 1 is 1.46 bits per heavy atom. The highest BCUT2D eigenvalue weighted by atomic mass is 35.5. The van der Waals surface area contributed by atoms with Crippen LogP contribution in [-0.4, -0.2) is 47.5 Å². The number of allylic oxidation sites excluding steroid dienone is 3. The molecule has 1 aliphatic heterocycles.